The zero-order valence-electron chi connectivity index (χ0n) is 25.7. The van der Waals surface area contributed by atoms with Gasteiger partial charge in [0, 0.05) is 17.7 Å². The molecule has 1 aromatic rings. The maximum absolute atomic E-state index is 13.8. The van der Waals surface area contributed by atoms with E-state index in [0.717, 1.165) is 12.8 Å². The number of nitrogens with one attached hydrogen (secondary N) is 1. The van der Waals surface area contributed by atoms with Crippen molar-refractivity contribution in [2.24, 2.45) is 10.9 Å². The van der Waals surface area contributed by atoms with Gasteiger partial charge >= 0.3 is 6.09 Å². The molecule has 2 fully saturated rings. The van der Waals surface area contributed by atoms with E-state index in [4.69, 9.17) is 16.0 Å². The van der Waals surface area contributed by atoms with E-state index in [1.54, 1.807) is 4.90 Å². The first kappa shape index (κ1) is 32.4. The molecule has 0 bridgehead atoms. The van der Waals surface area contributed by atoms with Crippen LogP contribution in [-0.2, 0) is 14.8 Å². The molecule has 3 rings (SSSR count). The third-order valence-electron chi connectivity index (χ3n) is 8.44. The summed E-state index contributed by atoms with van der Waals surface area (Å²) < 4.78 is 6.74. The fourth-order valence-corrected chi connectivity index (χ4v) is 7.53. The van der Waals surface area contributed by atoms with Crippen LogP contribution in [0.4, 0.5) is 4.79 Å². The highest BCUT2D eigenvalue weighted by atomic mass is 35.5. The molecule has 0 spiro atoms. The van der Waals surface area contributed by atoms with Gasteiger partial charge in [-0.1, -0.05) is 77.0 Å². The first-order valence-corrected chi connectivity index (χ1v) is 20.9. The predicted molar refractivity (Wildman–Crippen MR) is 168 cm³/mol. The minimum atomic E-state index is -1.94. The topological polar surface area (TPSA) is 91.2 Å². The van der Waals surface area contributed by atoms with Crippen LogP contribution in [0, 0.1) is 17.4 Å². The normalized spacial score (nSPS) is 27.2. The molecule has 2 amide bonds. The fraction of sp³-hybridized carbons (Fsp3) is 0.633. The van der Waals surface area contributed by atoms with Crippen molar-refractivity contribution in [2.75, 3.05) is 0 Å². The summed E-state index contributed by atoms with van der Waals surface area (Å²) in [6.07, 6.45) is 1.12. The van der Waals surface area contributed by atoms with Crippen LogP contribution >= 0.6 is 11.6 Å². The molecule has 1 saturated carbocycles. The number of guanidine groups is 1. The summed E-state index contributed by atoms with van der Waals surface area (Å²) in [5, 5.41) is 13.5. The van der Waals surface area contributed by atoms with E-state index in [0.29, 0.717) is 22.6 Å². The van der Waals surface area contributed by atoms with Crippen molar-refractivity contribution >= 4 is 46.0 Å². The van der Waals surface area contributed by atoms with Gasteiger partial charge in [0.05, 0.1) is 17.0 Å². The van der Waals surface area contributed by atoms with Gasteiger partial charge in [-0.15, -0.1) is 10.5 Å². The van der Waals surface area contributed by atoms with E-state index < -0.39 is 28.0 Å². The molecular weight excluding hydrogens is 558 g/mol. The van der Waals surface area contributed by atoms with E-state index in [1.165, 1.54) is 0 Å². The summed E-state index contributed by atoms with van der Waals surface area (Å²) >= 11 is 6.85. The van der Waals surface area contributed by atoms with Crippen LogP contribution in [-0.4, -0.2) is 56.5 Å². The molecule has 1 aliphatic heterocycles. The van der Waals surface area contributed by atoms with Crippen LogP contribution in [0.1, 0.15) is 71.4 Å². The van der Waals surface area contributed by atoms with Gasteiger partial charge < -0.3 is 14.8 Å². The largest absolute Gasteiger partial charge is 0.463 e. The molecule has 1 heterocycles. The van der Waals surface area contributed by atoms with Gasteiger partial charge in [0.25, 0.3) is 0 Å². The molecule has 2 aliphatic rings. The number of hydrogen-bond donors (Lipinski definition) is 2. The molecule has 7 nitrogen and oxygen atoms in total. The molecular formula is C30H46ClN3O4Si2. The van der Waals surface area contributed by atoms with E-state index in [-0.39, 0.29) is 41.4 Å². The van der Waals surface area contributed by atoms with Crippen LogP contribution < -0.4 is 5.32 Å². The van der Waals surface area contributed by atoms with Gasteiger partial charge in [-0.05, 0) is 61.9 Å². The SMILES string of the molecule is C[C@H]1C[C@@H](N2C(=O)C[C@@](C)(c3cccc(C#C[Si](C)(C)C)c3Cl)N/C2=N\C(=O)O)CCC1O[Si](C)(C)C(C)(C)C. The molecule has 0 aromatic heterocycles. The van der Waals surface area contributed by atoms with Crippen LogP contribution in [0.25, 0.3) is 0 Å². The van der Waals surface area contributed by atoms with E-state index >= 15 is 0 Å². The van der Waals surface area contributed by atoms with Crippen molar-refractivity contribution in [3.05, 3.63) is 34.3 Å². The standard InChI is InChI=1S/C30H46ClN3O4Si2/c1-20-18-22(14-15-24(20)38-40(9,10)29(2,3)4)34-25(35)19-30(5,33-27(34)32-28(36)37)23-13-11-12-21(26(23)31)16-17-39(6,7)8/h11-13,20,22,24H,14-15,18-19H2,1-10H3,(H,32,33)(H,36,37)/t20-,22-,24?,30-/m0/s1. The lowest BCUT2D eigenvalue weighted by Gasteiger charge is -2.48. The molecule has 1 aliphatic carbocycles. The first-order valence-electron chi connectivity index (χ1n) is 14.2. The van der Waals surface area contributed by atoms with Crippen molar-refractivity contribution in [3.8, 4) is 11.5 Å². The maximum atomic E-state index is 13.8. The zero-order valence-corrected chi connectivity index (χ0v) is 28.5. The highest BCUT2D eigenvalue weighted by molar-refractivity contribution is 6.83. The fourth-order valence-electron chi connectivity index (χ4n) is 5.18. The summed E-state index contributed by atoms with van der Waals surface area (Å²) in [6, 6.07) is 5.44. The number of carboxylic acid groups (broad SMARTS) is 1. The lowest BCUT2D eigenvalue weighted by molar-refractivity contribution is -0.133. The zero-order chi connectivity index (χ0) is 30.3. The summed E-state index contributed by atoms with van der Waals surface area (Å²) in [5.74, 6) is 3.33. The monoisotopic (exact) mass is 603 g/mol. The van der Waals surface area contributed by atoms with Gasteiger partial charge in [0.1, 0.15) is 8.07 Å². The maximum Gasteiger partial charge on any atom is 0.434 e. The quantitative estimate of drug-likeness (QED) is 0.280. The van der Waals surface area contributed by atoms with Crippen molar-refractivity contribution in [1.82, 2.24) is 10.2 Å². The molecule has 1 aromatic carbocycles. The van der Waals surface area contributed by atoms with Crippen LogP contribution in [0.3, 0.4) is 0 Å². The molecule has 220 valence electrons. The number of rotatable bonds is 4. The van der Waals surface area contributed by atoms with Crippen molar-refractivity contribution in [3.63, 3.8) is 0 Å². The smallest absolute Gasteiger partial charge is 0.434 e. The minimum Gasteiger partial charge on any atom is -0.463 e. The van der Waals surface area contributed by atoms with E-state index in [2.05, 4.69) is 82.2 Å². The average molecular weight is 604 g/mol. The van der Waals surface area contributed by atoms with Crippen LogP contribution in [0.5, 0.6) is 0 Å². The van der Waals surface area contributed by atoms with Gasteiger partial charge in [-0.3, -0.25) is 9.69 Å². The Balaban J connectivity index is 1.89. The Morgan fingerprint density at radius 1 is 1.23 bits per heavy atom. The van der Waals surface area contributed by atoms with Crippen LogP contribution in [0.15, 0.2) is 23.2 Å². The second kappa shape index (κ2) is 11.6. The Bertz CT molecular complexity index is 1240. The summed E-state index contributed by atoms with van der Waals surface area (Å²) in [5.41, 5.74) is 3.80. The van der Waals surface area contributed by atoms with E-state index in [9.17, 15) is 14.7 Å². The number of halogens is 1. The Kier molecular flexibility index (Phi) is 9.42. The van der Waals surface area contributed by atoms with E-state index in [1.807, 2.05) is 25.1 Å². The molecule has 10 heteroatoms. The van der Waals surface area contributed by atoms with Crippen molar-refractivity contribution in [1.29, 1.82) is 0 Å². The highest BCUT2D eigenvalue weighted by Gasteiger charge is 2.47. The third-order valence-corrected chi connectivity index (χ3v) is 14.2. The summed E-state index contributed by atoms with van der Waals surface area (Å²) in [7, 11) is -3.57. The minimum absolute atomic E-state index is 0.0573. The summed E-state index contributed by atoms with van der Waals surface area (Å²) in [4.78, 5) is 31.0. The number of amides is 2. The second-order valence-corrected chi connectivity index (χ2v) is 24.0. The van der Waals surface area contributed by atoms with Crippen molar-refractivity contribution in [2.45, 2.75) is 116 Å². The highest BCUT2D eigenvalue weighted by Crippen LogP contribution is 2.42. The average Bonchev–Trinajstić information content (AvgIpc) is 2.77. The predicted octanol–water partition coefficient (Wildman–Crippen LogP) is 7.22. The van der Waals surface area contributed by atoms with Gasteiger partial charge in [-0.25, -0.2) is 4.79 Å². The lowest BCUT2D eigenvalue weighted by Crippen LogP contribution is -2.63. The van der Waals surface area contributed by atoms with Crippen molar-refractivity contribution < 1.29 is 19.1 Å². The third kappa shape index (κ3) is 7.38. The van der Waals surface area contributed by atoms with Gasteiger partial charge in [0.15, 0.2) is 8.32 Å². The number of nitrogens with zero attached hydrogens (tertiary/aromatic N) is 2. The number of carbonyl (C=O) groups is 2. The number of hydrogen-bond acceptors (Lipinski definition) is 3. The molecule has 40 heavy (non-hydrogen) atoms. The number of aliphatic imine (C=N–C) groups is 1. The Morgan fingerprint density at radius 2 is 1.88 bits per heavy atom. The molecule has 4 atom stereocenters. The molecule has 1 unspecified atom stereocenters. The first-order chi connectivity index (χ1) is 18.2. The van der Waals surface area contributed by atoms with Gasteiger partial charge in [0.2, 0.25) is 11.9 Å². The Labute approximate surface area is 247 Å². The number of carbonyl (C=O) groups excluding carboxylic acids is 1. The second-order valence-electron chi connectivity index (χ2n) is 14.1. The lowest BCUT2D eigenvalue weighted by atomic mass is 9.81. The Hall–Kier alpha value is -2.13. The molecule has 1 saturated heterocycles. The Morgan fingerprint density at radius 3 is 2.42 bits per heavy atom. The van der Waals surface area contributed by atoms with Gasteiger partial charge in [-0.2, -0.15) is 0 Å². The van der Waals surface area contributed by atoms with Crippen LogP contribution in [0.2, 0.25) is 42.8 Å². The summed E-state index contributed by atoms with van der Waals surface area (Å²) in [6.45, 7) is 21.8. The molecule has 2 N–H and O–H groups in total. The molecule has 0 radical (unpaired) electrons. The number of benzene rings is 1.